The Labute approximate surface area is 102 Å². The highest BCUT2D eigenvalue weighted by molar-refractivity contribution is 5.68. The zero-order valence-electron chi connectivity index (χ0n) is 10.6. The van der Waals surface area contributed by atoms with Crippen LogP contribution in [0.5, 0.6) is 0 Å². The van der Waals surface area contributed by atoms with E-state index >= 15 is 0 Å². The minimum absolute atomic E-state index is 0.275. The van der Waals surface area contributed by atoms with Gasteiger partial charge in [0.15, 0.2) is 0 Å². The van der Waals surface area contributed by atoms with Gasteiger partial charge < -0.3 is 15.8 Å². The number of nitrogens with two attached hydrogens (primary N) is 1. The van der Waals surface area contributed by atoms with Gasteiger partial charge >= 0.3 is 6.09 Å². The van der Waals surface area contributed by atoms with Crippen molar-refractivity contribution < 1.29 is 9.53 Å². The molecule has 94 valence electrons. The number of rotatable bonds is 3. The second-order valence-electron chi connectivity index (χ2n) is 4.96. The third-order valence-corrected chi connectivity index (χ3v) is 2.14. The number of ether oxygens (including phenoxy) is 1. The average Bonchev–Trinajstić information content (AvgIpc) is 2.18. The van der Waals surface area contributed by atoms with Crippen LogP contribution in [-0.2, 0) is 11.2 Å². The van der Waals surface area contributed by atoms with Crippen molar-refractivity contribution in [2.24, 2.45) is 0 Å². The van der Waals surface area contributed by atoms with Gasteiger partial charge in [0.25, 0.3) is 0 Å². The van der Waals surface area contributed by atoms with Gasteiger partial charge in [-0.3, -0.25) is 0 Å². The van der Waals surface area contributed by atoms with Gasteiger partial charge in [-0.25, -0.2) is 4.79 Å². The number of para-hydroxylation sites is 1. The number of nitrogens with one attached hydrogen (secondary N) is 1. The first-order valence-corrected chi connectivity index (χ1v) is 5.67. The summed E-state index contributed by atoms with van der Waals surface area (Å²) in [5, 5.41) is 2.73. The molecule has 0 spiro atoms. The number of carbonyl (C=O) groups excluding carboxylic acids is 1. The third-order valence-electron chi connectivity index (χ3n) is 2.14. The van der Waals surface area contributed by atoms with E-state index in [1.807, 2.05) is 45.0 Å². The molecule has 0 heterocycles. The molecule has 0 saturated carbocycles. The van der Waals surface area contributed by atoms with Crippen LogP contribution in [0.25, 0.3) is 0 Å². The maximum atomic E-state index is 11.4. The Hall–Kier alpha value is -1.71. The van der Waals surface area contributed by atoms with E-state index in [9.17, 15) is 4.79 Å². The SMILES string of the molecule is CC(C)(C)NC(=O)OCCc1ccccc1N. The van der Waals surface area contributed by atoms with E-state index in [1.54, 1.807) is 0 Å². The highest BCUT2D eigenvalue weighted by Crippen LogP contribution is 2.11. The number of benzene rings is 1. The number of hydrogen-bond acceptors (Lipinski definition) is 3. The van der Waals surface area contributed by atoms with Crippen LogP contribution in [0.3, 0.4) is 0 Å². The molecule has 0 atom stereocenters. The lowest BCUT2D eigenvalue weighted by atomic mass is 10.1. The first-order chi connectivity index (χ1) is 7.88. The van der Waals surface area contributed by atoms with Gasteiger partial charge in [0, 0.05) is 17.6 Å². The van der Waals surface area contributed by atoms with Crippen LogP contribution in [0.1, 0.15) is 26.3 Å². The summed E-state index contributed by atoms with van der Waals surface area (Å²) >= 11 is 0. The molecular weight excluding hydrogens is 216 g/mol. The smallest absolute Gasteiger partial charge is 0.407 e. The Morgan fingerprint density at radius 2 is 2.00 bits per heavy atom. The Morgan fingerprint density at radius 1 is 1.35 bits per heavy atom. The summed E-state index contributed by atoms with van der Waals surface area (Å²) in [6.07, 6.45) is 0.233. The van der Waals surface area contributed by atoms with Crippen molar-refractivity contribution in [1.82, 2.24) is 5.32 Å². The predicted octanol–water partition coefficient (Wildman–Crippen LogP) is 2.34. The largest absolute Gasteiger partial charge is 0.449 e. The van der Waals surface area contributed by atoms with Gasteiger partial charge in [-0.2, -0.15) is 0 Å². The lowest BCUT2D eigenvalue weighted by Crippen LogP contribution is -2.41. The molecule has 0 radical (unpaired) electrons. The molecule has 0 aliphatic rings. The van der Waals surface area contributed by atoms with E-state index in [0.717, 1.165) is 11.3 Å². The molecule has 1 amide bonds. The fourth-order valence-electron chi connectivity index (χ4n) is 1.36. The van der Waals surface area contributed by atoms with Crippen molar-refractivity contribution in [2.75, 3.05) is 12.3 Å². The average molecular weight is 236 g/mol. The molecule has 0 aromatic heterocycles. The van der Waals surface area contributed by atoms with Gasteiger partial charge in [0.05, 0.1) is 6.61 Å². The normalized spacial score (nSPS) is 11.0. The lowest BCUT2D eigenvalue weighted by Gasteiger charge is -2.20. The van der Waals surface area contributed by atoms with Crippen LogP contribution >= 0.6 is 0 Å². The third kappa shape index (κ3) is 5.24. The number of hydrogen-bond donors (Lipinski definition) is 2. The first kappa shape index (κ1) is 13.4. The monoisotopic (exact) mass is 236 g/mol. The maximum absolute atomic E-state index is 11.4. The van der Waals surface area contributed by atoms with Gasteiger partial charge in [-0.1, -0.05) is 18.2 Å². The Morgan fingerprint density at radius 3 is 2.59 bits per heavy atom. The molecule has 0 aliphatic heterocycles. The number of anilines is 1. The number of nitrogen functional groups attached to an aromatic ring is 1. The molecule has 0 fully saturated rings. The minimum Gasteiger partial charge on any atom is -0.449 e. The van der Waals surface area contributed by atoms with Crippen LogP contribution in [0, 0.1) is 0 Å². The number of alkyl carbamates (subject to hydrolysis) is 1. The van der Waals surface area contributed by atoms with Crippen molar-refractivity contribution in [3.63, 3.8) is 0 Å². The van der Waals surface area contributed by atoms with E-state index < -0.39 is 6.09 Å². The Balaban J connectivity index is 2.34. The Kier molecular flexibility index (Phi) is 4.37. The maximum Gasteiger partial charge on any atom is 0.407 e. The first-order valence-electron chi connectivity index (χ1n) is 5.67. The van der Waals surface area contributed by atoms with Gasteiger partial charge in [0.1, 0.15) is 0 Å². The molecule has 17 heavy (non-hydrogen) atoms. The zero-order valence-corrected chi connectivity index (χ0v) is 10.6. The molecule has 1 rings (SSSR count). The summed E-state index contributed by atoms with van der Waals surface area (Å²) in [6, 6.07) is 7.57. The topological polar surface area (TPSA) is 64.3 Å². The fraction of sp³-hybridized carbons (Fsp3) is 0.462. The van der Waals surface area contributed by atoms with Gasteiger partial charge in [0.2, 0.25) is 0 Å². The lowest BCUT2D eigenvalue weighted by molar-refractivity contribution is 0.139. The summed E-state index contributed by atoms with van der Waals surface area (Å²) in [4.78, 5) is 11.4. The van der Waals surface area contributed by atoms with Gasteiger partial charge in [-0.05, 0) is 32.4 Å². The zero-order chi connectivity index (χ0) is 12.9. The molecule has 0 bridgehead atoms. The molecule has 3 N–H and O–H groups in total. The quantitative estimate of drug-likeness (QED) is 0.792. The van der Waals surface area contributed by atoms with E-state index in [0.29, 0.717) is 13.0 Å². The Bertz CT molecular complexity index is 383. The van der Waals surface area contributed by atoms with Crippen LogP contribution < -0.4 is 11.1 Å². The molecule has 4 nitrogen and oxygen atoms in total. The van der Waals surface area contributed by atoms with Crippen molar-refractivity contribution >= 4 is 11.8 Å². The van der Waals surface area contributed by atoms with Gasteiger partial charge in [-0.15, -0.1) is 0 Å². The van der Waals surface area contributed by atoms with Crippen LogP contribution in [0.2, 0.25) is 0 Å². The van der Waals surface area contributed by atoms with E-state index in [4.69, 9.17) is 10.5 Å². The van der Waals surface area contributed by atoms with Crippen LogP contribution in [-0.4, -0.2) is 18.2 Å². The van der Waals surface area contributed by atoms with Crippen LogP contribution in [0.4, 0.5) is 10.5 Å². The van der Waals surface area contributed by atoms with E-state index in [1.165, 1.54) is 0 Å². The molecule has 0 aliphatic carbocycles. The second kappa shape index (κ2) is 5.57. The number of amides is 1. The molecular formula is C13H20N2O2. The highest BCUT2D eigenvalue weighted by Gasteiger charge is 2.14. The highest BCUT2D eigenvalue weighted by atomic mass is 16.5. The molecule has 1 aromatic carbocycles. The summed E-state index contributed by atoms with van der Waals surface area (Å²) in [6.45, 7) is 6.05. The summed E-state index contributed by atoms with van der Waals surface area (Å²) in [7, 11) is 0. The van der Waals surface area contributed by atoms with Crippen molar-refractivity contribution in [2.45, 2.75) is 32.7 Å². The molecule has 4 heteroatoms. The van der Waals surface area contributed by atoms with Crippen molar-refractivity contribution in [1.29, 1.82) is 0 Å². The summed E-state index contributed by atoms with van der Waals surface area (Å²) in [5.74, 6) is 0. The number of carbonyl (C=O) groups is 1. The van der Waals surface area contributed by atoms with E-state index in [2.05, 4.69) is 5.32 Å². The second-order valence-corrected chi connectivity index (χ2v) is 4.96. The minimum atomic E-state index is -0.396. The fourth-order valence-corrected chi connectivity index (χ4v) is 1.36. The molecule has 0 unspecified atom stereocenters. The van der Waals surface area contributed by atoms with E-state index in [-0.39, 0.29) is 5.54 Å². The van der Waals surface area contributed by atoms with Crippen molar-refractivity contribution in [3.8, 4) is 0 Å². The standard InChI is InChI=1S/C13H20N2O2/c1-13(2,3)15-12(16)17-9-8-10-6-4-5-7-11(10)14/h4-7H,8-9,14H2,1-3H3,(H,15,16). The summed E-state index contributed by atoms with van der Waals surface area (Å²) in [5.41, 5.74) is 7.23. The van der Waals surface area contributed by atoms with Crippen LogP contribution in [0.15, 0.2) is 24.3 Å². The molecule has 1 aromatic rings. The van der Waals surface area contributed by atoms with Crippen molar-refractivity contribution in [3.05, 3.63) is 29.8 Å². The molecule has 0 saturated heterocycles. The summed E-state index contributed by atoms with van der Waals surface area (Å²) < 4.78 is 5.07. The predicted molar refractivity (Wildman–Crippen MR) is 68.8 cm³/mol.